The van der Waals surface area contributed by atoms with Gasteiger partial charge in [-0.1, -0.05) is 6.07 Å². The molecule has 0 aromatic heterocycles. The van der Waals surface area contributed by atoms with Gasteiger partial charge in [-0.3, -0.25) is 0 Å². The summed E-state index contributed by atoms with van der Waals surface area (Å²) in [5.74, 6) is -0.201. The average Bonchev–Trinajstić information content (AvgIpc) is 2.55. The van der Waals surface area contributed by atoms with Gasteiger partial charge in [0.2, 0.25) is 0 Å². The highest BCUT2D eigenvalue weighted by Gasteiger charge is 2.36. The van der Waals surface area contributed by atoms with Crippen molar-refractivity contribution in [3.05, 3.63) is 35.9 Å². The lowest BCUT2D eigenvalue weighted by atomic mass is 9.83. The largest absolute Gasteiger partial charge is 0.508 e. The van der Waals surface area contributed by atoms with Crippen LogP contribution in [0.15, 0.2) is 30.3 Å². The third-order valence-electron chi connectivity index (χ3n) is 4.94. The number of piperidine rings is 1. The summed E-state index contributed by atoms with van der Waals surface area (Å²) in [5, 5.41) is 23.5. The van der Waals surface area contributed by atoms with Crippen LogP contribution in [0.4, 0.5) is 0 Å². The van der Waals surface area contributed by atoms with Gasteiger partial charge < -0.3 is 20.3 Å². The number of rotatable bonds is 3. The number of quaternary nitrogens is 1. The Bertz CT molecular complexity index is 763. The molecule has 1 aliphatic rings. The minimum absolute atomic E-state index is 0.106. The predicted octanol–water partition coefficient (Wildman–Crippen LogP) is 2.16. The zero-order chi connectivity index (χ0) is 17.3. The highest BCUT2D eigenvalue weighted by Crippen LogP contribution is 2.32. The van der Waals surface area contributed by atoms with Crippen LogP contribution in [0.1, 0.15) is 37.0 Å². The smallest absolute Gasteiger partial charge is 0.342 e. The van der Waals surface area contributed by atoms with E-state index >= 15 is 0 Å². The van der Waals surface area contributed by atoms with E-state index in [1.165, 1.54) is 6.07 Å². The van der Waals surface area contributed by atoms with Crippen LogP contribution in [0.3, 0.4) is 0 Å². The van der Waals surface area contributed by atoms with Gasteiger partial charge in [-0.2, -0.15) is 0 Å². The SMILES string of the molecule is CC(C)(OC(=O)c1cc2cc(O)ccc2cc1O)C1CC[NH2+]CC1. The highest BCUT2D eigenvalue weighted by atomic mass is 16.6. The lowest BCUT2D eigenvalue weighted by Gasteiger charge is -2.35. The quantitative estimate of drug-likeness (QED) is 0.753. The molecule has 4 N–H and O–H groups in total. The van der Waals surface area contributed by atoms with Crippen LogP contribution >= 0.6 is 0 Å². The van der Waals surface area contributed by atoms with Crippen molar-refractivity contribution in [3.63, 3.8) is 0 Å². The average molecular weight is 330 g/mol. The first-order valence-electron chi connectivity index (χ1n) is 8.37. The second-order valence-electron chi connectivity index (χ2n) is 7.03. The van der Waals surface area contributed by atoms with E-state index in [-0.39, 0.29) is 17.1 Å². The Hall–Kier alpha value is -2.27. The van der Waals surface area contributed by atoms with Crippen molar-refractivity contribution in [2.45, 2.75) is 32.3 Å². The molecule has 2 aromatic rings. The first-order valence-corrected chi connectivity index (χ1v) is 8.37. The number of ether oxygens (including phenoxy) is 1. The summed E-state index contributed by atoms with van der Waals surface area (Å²) in [7, 11) is 0. The number of phenols is 2. The van der Waals surface area contributed by atoms with Gasteiger partial charge in [0.25, 0.3) is 0 Å². The van der Waals surface area contributed by atoms with E-state index in [4.69, 9.17) is 4.74 Å². The van der Waals surface area contributed by atoms with Crippen LogP contribution in [-0.4, -0.2) is 34.9 Å². The van der Waals surface area contributed by atoms with Crippen molar-refractivity contribution in [1.82, 2.24) is 0 Å². The van der Waals surface area contributed by atoms with Crippen molar-refractivity contribution in [1.29, 1.82) is 0 Å². The lowest BCUT2D eigenvalue weighted by molar-refractivity contribution is -0.665. The number of carbonyl (C=O) groups excluding carboxylic acids is 1. The Labute approximate surface area is 141 Å². The highest BCUT2D eigenvalue weighted by molar-refractivity contribution is 5.99. The Morgan fingerprint density at radius 2 is 1.83 bits per heavy atom. The summed E-state index contributed by atoms with van der Waals surface area (Å²) < 4.78 is 5.75. The van der Waals surface area contributed by atoms with Crippen LogP contribution in [-0.2, 0) is 4.74 Å². The molecule has 0 unspecified atom stereocenters. The van der Waals surface area contributed by atoms with Crippen LogP contribution in [0, 0.1) is 5.92 Å². The molecular weight excluding hydrogens is 306 g/mol. The van der Waals surface area contributed by atoms with Crippen molar-refractivity contribution >= 4 is 16.7 Å². The summed E-state index contributed by atoms with van der Waals surface area (Å²) >= 11 is 0. The second-order valence-corrected chi connectivity index (χ2v) is 7.03. The monoisotopic (exact) mass is 330 g/mol. The number of hydrogen-bond donors (Lipinski definition) is 3. The van der Waals surface area contributed by atoms with E-state index < -0.39 is 11.6 Å². The standard InChI is InChI=1S/C19H23NO4/c1-19(2,14-5-7-20-8-6-14)24-18(23)16-10-13-9-15(21)4-3-12(13)11-17(16)22/h3-4,9-11,14,20-22H,5-8H2,1-2H3/p+1. The number of hydrogen-bond acceptors (Lipinski definition) is 4. The molecule has 2 aromatic carbocycles. The third kappa shape index (κ3) is 3.31. The molecule has 128 valence electrons. The molecule has 0 aliphatic carbocycles. The van der Waals surface area contributed by atoms with Crippen molar-refractivity contribution in [3.8, 4) is 11.5 Å². The van der Waals surface area contributed by atoms with E-state index in [9.17, 15) is 15.0 Å². The first-order chi connectivity index (χ1) is 11.4. The minimum atomic E-state index is -0.578. The fraction of sp³-hybridized carbons (Fsp3) is 0.421. The predicted molar refractivity (Wildman–Crippen MR) is 91.2 cm³/mol. The second kappa shape index (κ2) is 6.32. The van der Waals surface area contributed by atoms with Crippen LogP contribution in [0.5, 0.6) is 11.5 Å². The number of nitrogens with two attached hydrogens (primary N) is 1. The number of fused-ring (bicyclic) bond motifs is 1. The molecule has 1 aliphatic heterocycles. The number of benzene rings is 2. The number of carbonyl (C=O) groups is 1. The zero-order valence-corrected chi connectivity index (χ0v) is 14.1. The van der Waals surface area contributed by atoms with Gasteiger partial charge in [0.15, 0.2) is 0 Å². The van der Waals surface area contributed by atoms with Gasteiger partial charge in [0.05, 0.1) is 13.1 Å². The zero-order valence-electron chi connectivity index (χ0n) is 14.1. The van der Waals surface area contributed by atoms with Gasteiger partial charge in [0, 0.05) is 18.8 Å². The van der Waals surface area contributed by atoms with Crippen LogP contribution in [0.2, 0.25) is 0 Å². The Morgan fingerprint density at radius 3 is 2.54 bits per heavy atom. The van der Waals surface area contributed by atoms with Gasteiger partial charge >= 0.3 is 5.97 Å². The molecule has 5 heteroatoms. The summed E-state index contributed by atoms with van der Waals surface area (Å²) in [6.07, 6.45) is 2.02. The molecular formula is C19H24NO4+. The molecule has 0 saturated carbocycles. The van der Waals surface area contributed by atoms with Gasteiger partial charge in [-0.15, -0.1) is 0 Å². The molecule has 24 heavy (non-hydrogen) atoms. The molecule has 1 heterocycles. The normalized spacial score (nSPS) is 16.2. The molecule has 1 fully saturated rings. The molecule has 0 atom stereocenters. The van der Waals surface area contributed by atoms with E-state index in [0.717, 1.165) is 31.3 Å². The summed E-state index contributed by atoms with van der Waals surface area (Å²) in [6.45, 7) is 5.97. The Morgan fingerprint density at radius 1 is 1.12 bits per heavy atom. The third-order valence-corrected chi connectivity index (χ3v) is 4.94. The maximum absolute atomic E-state index is 12.6. The first kappa shape index (κ1) is 16.6. The molecule has 1 saturated heterocycles. The maximum Gasteiger partial charge on any atom is 0.342 e. The molecule has 0 radical (unpaired) electrons. The van der Waals surface area contributed by atoms with E-state index in [1.807, 2.05) is 13.8 Å². The topological polar surface area (TPSA) is 83.4 Å². The lowest BCUT2D eigenvalue weighted by Crippen LogP contribution is -2.86. The van der Waals surface area contributed by atoms with Gasteiger partial charge in [0.1, 0.15) is 22.7 Å². The fourth-order valence-corrected chi connectivity index (χ4v) is 3.44. The minimum Gasteiger partial charge on any atom is -0.508 e. The molecule has 0 spiro atoms. The van der Waals surface area contributed by atoms with Crippen molar-refractivity contribution in [2.24, 2.45) is 5.92 Å². The van der Waals surface area contributed by atoms with Crippen LogP contribution in [0.25, 0.3) is 10.8 Å². The summed E-state index contributed by atoms with van der Waals surface area (Å²) in [5.41, 5.74) is -0.450. The van der Waals surface area contributed by atoms with Crippen molar-refractivity contribution < 1.29 is 25.1 Å². The van der Waals surface area contributed by atoms with E-state index in [2.05, 4.69) is 5.32 Å². The molecule has 3 rings (SSSR count). The summed E-state index contributed by atoms with van der Waals surface area (Å²) in [4.78, 5) is 12.6. The van der Waals surface area contributed by atoms with E-state index in [0.29, 0.717) is 11.3 Å². The van der Waals surface area contributed by atoms with Crippen LogP contribution < -0.4 is 5.32 Å². The van der Waals surface area contributed by atoms with Gasteiger partial charge in [-0.25, -0.2) is 4.79 Å². The molecule has 0 bridgehead atoms. The van der Waals surface area contributed by atoms with E-state index in [1.54, 1.807) is 24.3 Å². The number of esters is 1. The van der Waals surface area contributed by atoms with Crippen molar-refractivity contribution in [2.75, 3.05) is 13.1 Å². The van der Waals surface area contributed by atoms with Gasteiger partial charge in [-0.05, 0) is 48.9 Å². The number of phenolic OH excluding ortho intramolecular Hbond substituents is 2. The molecule has 0 amide bonds. The maximum atomic E-state index is 12.6. The molecule has 5 nitrogen and oxygen atoms in total. The summed E-state index contributed by atoms with van der Waals surface area (Å²) in [6, 6.07) is 7.89. The Balaban J connectivity index is 1.86. The number of aromatic hydroxyl groups is 2. The Kier molecular flexibility index (Phi) is 4.37. The fourth-order valence-electron chi connectivity index (χ4n) is 3.44.